The lowest BCUT2D eigenvalue weighted by Crippen LogP contribution is -2.27. The van der Waals surface area contributed by atoms with Crippen LogP contribution in [0, 0.1) is 6.92 Å². The lowest BCUT2D eigenvalue weighted by Gasteiger charge is -2.14. The number of hydrogen-bond acceptors (Lipinski definition) is 5. The van der Waals surface area contributed by atoms with E-state index in [-0.39, 0.29) is 5.91 Å². The van der Waals surface area contributed by atoms with Gasteiger partial charge in [0.2, 0.25) is 0 Å². The van der Waals surface area contributed by atoms with Gasteiger partial charge in [0, 0.05) is 0 Å². The summed E-state index contributed by atoms with van der Waals surface area (Å²) < 4.78 is 12.3. The second kappa shape index (κ2) is 10.0. The minimum atomic E-state index is -0.119. The van der Waals surface area contributed by atoms with Crippen LogP contribution in [-0.2, 0) is 11.4 Å². The summed E-state index contributed by atoms with van der Waals surface area (Å²) in [6.07, 6.45) is 1.84. The molecule has 0 radical (unpaired) electrons. The number of thiocarbonyl (C=S) groups is 1. The number of rotatable bonds is 7. The van der Waals surface area contributed by atoms with Crippen molar-refractivity contribution in [3.8, 4) is 11.5 Å². The monoisotopic (exact) mass is 461 g/mol. The largest absolute Gasteiger partial charge is 0.490 e. The molecule has 0 atom stereocenters. The van der Waals surface area contributed by atoms with E-state index in [9.17, 15) is 4.79 Å². The molecule has 1 aliphatic heterocycles. The highest BCUT2D eigenvalue weighted by atomic mass is 32.2. The van der Waals surface area contributed by atoms with Gasteiger partial charge in [-0.05, 0) is 55.3 Å². The van der Waals surface area contributed by atoms with Gasteiger partial charge in [0.05, 0.1) is 17.2 Å². The van der Waals surface area contributed by atoms with Crippen molar-refractivity contribution < 1.29 is 14.3 Å². The first-order valence-corrected chi connectivity index (χ1v) is 11.6. The van der Waals surface area contributed by atoms with Crippen LogP contribution in [-0.4, -0.2) is 16.8 Å². The second-order valence-corrected chi connectivity index (χ2v) is 8.94. The normalized spacial score (nSPS) is 14.8. The highest BCUT2D eigenvalue weighted by Crippen LogP contribution is 2.37. The van der Waals surface area contributed by atoms with Gasteiger partial charge in [-0.2, -0.15) is 0 Å². The van der Waals surface area contributed by atoms with E-state index in [4.69, 9.17) is 21.7 Å². The quantitative estimate of drug-likeness (QED) is 0.302. The van der Waals surface area contributed by atoms with Crippen LogP contribution in [0.25, 0.3) is 6.08 Å². The zero-order valence-electron chi connectivity index (χ0n) is 17.9. The van der Waals surface area contributed by atoms with Gasteiger partial charge < -0.3 is 9.47 Å². The van der Waals surface area contributed by atoms with Gasteiger partial charge in [0.15, 0.2) is 15.8 Å². The predicted octanol–water partition coefficient (Wildman–Crippen LogP) is 6.38. The molecule has 3 aromatic rings. The molecule has 0 saturated carbocycles. The predicted molar refractivity (Wildman–Crippen MR) is 135 cm³/mol. The lowest BCUT2D eigenvalue weighted by molar-refractivity contribution is -0.113. The molecule has 1 fully saturated rings. The van der Waals surface area contributed by atoms with E-state index in [1.54, 1.807) is 4.90 Å². The number of aryl methyl sites for hydroxylation is 1. The molecule has 6 heteroatoms. The fourth-order valence-electron chi connectivity index (χ4n) is 3.27. The Bertz CT molecular complexity index is 1160. The summed E-state index contributed by atoms with van der Waals surface area (Å²) in [7, 11) is 0. The molecule has 0 unspecified atom stereocenters. The molecule has 3 aromatic carbocycles. The van der Waals surface area contributed by atoms with Crippen molar-refractivity contribution in [1.82, 2.24) is 0 Å². The molecule has 0 N–H and O–H groups in total. The van der Waals surface area contributed by atoms with Crippen molar-refractivity contribution >= 4 is 46.0 Å². The first-order chi connectivity index (χ1) is 15.5. The molecule has 1 aliphatic rings. The number of amides is 1. The molecule has 0 bridgehead atoms. The zero-order chi connectivity index (χ0) is 22.5. The summed E-state index contributed by atoms with van der Waals surface area (Å²) in [5, 5.41) is 0. The Labute approximate surface area is 197 Å². The fraction of sp³-hybridized carbons (Fsp3) is 0.154. The minimum absolute atomic E-state index is 0.119. The number of ether oxygens (including phenoxy) is 2. The molecule has 32 heavy (non-hydrogen) atoms. The van der Waals surface area contributed by atoms with E-state index in [0.717, 1.165) is 22.4 Å². The molecule has 0 aromatic heterocycles. The molecule has 1 heterocycles. The van der Waals surface area contributed by atoms with Crippen LogP contribution in [0.1, 0.15) is 23.6 Å². The van der Waals surface area contributed by atoms with Crippen LogP contribution in [0.2, 0.25) is 0 Å². The third-order valence-corrected chi connectivity index (χ3v) is 6.19. The van der Waals surface area contributed by atoms with Gasteiger partial charge in [0.25, 0.3) is 5.91 Å². The van der Waals surface area contributed by atoms with Crippen LogP contribution < -0.4 is 14.4 Å². The molecule has 4 rings (SSSR count). The average molecular weight is 462 g/mol. The van der Waals surface area contributed by atoms with Gasteiger partial charge in [-0.1, -0.05) is 78.1 Å². The van der Waals surface area contributed by atoms with E-state index < -0.39 is 0 Å². The molecule has 1 amide bonds. The van der Waals surface area contributed by atoms with Crippen molar-refractivity contribution in [1.29, 1.82) is 0 Å². The summed E-state index contributed by atoms with van der Waals surface area (Å²) in [6, 6.07) is 23.4. The van der Waals surface area contributed by atoms with Crippen LogP contribution in [0.15, 0.2) is 77.7 Å². The third-order valence-electron chi connectivity index (χ3n) is 4.89. The highest BCUT2D eigenvalue weighted by molar-refractivity contribution is 8.27. The van der Waals surface area contributed by atoms with Gasteiger partial charge in [0.1, 0.15) is 6.61 Å². The van der Waals surface area contributed by atoms with Gasteiger partial charge in [-0.15, -0.1) is 0 Å². The lowest BCUT2D eigenvalue weighted by atomic mass is 10.1. The molecule has 162 valence electrons. The van der Waals surface area contributed by atoms with Crippen molar-refractivity contribution in [3.05, 3.63) is 94.4 Å². The van der Waals surface area contributed by atoms with Crippen LogP contribution in [0.4, 0.5) is 5.69 Å². The SMILES string of the molecule is CCOc1cc(/C=C2\SC(=S)N(c3ccc(C)cc3)C2=O)ccc1OCc1ccccc1. The molecular weight excluding hydrogens is 438 g/mol. The Morgan fingerprint density at radius 3 is 2.44 bits per heavy atom. The van der Waals surface area contributed by atoms with E-state index in [1.165, 1.54) is 11.8 Å². The maximum atomic E-state index is 13.0. The van der Waals surface area contributed by atoms with E-state index in [0.29, 0.717) is 33.9 Å². The van der Waals surface area contributed by atoms with E-state index in [1.807, 2.05) is 92.7 Å². The number of anilines is 1. The standard InChI is InChI=1S/C26H23NO3S2/c1-3-29-23-15-20(11-14-22(23)30-17-19-7-5-4-6-8-19)16-24-25(28)27(26(31)32-24)21-12-9-18(2)10-13-21/h4-16H,3,17H2,1-2H3/b24-16-. The Balaban J connectivity index is 1.55. The first-order valence-electron chi connectivity index (χ1n) is 10.3. The van der Waals surface area contributed by atoms with Crippen molar-refractivity contribution in [2.75, 3.05) is 11.5 Å². The van der Waals surface area contributed by atoms with Gasteiger partial charge in [-0.25, -0.2) is 0 Å². The number of hydrogen-bond donors (Lipinski definition) is 0. The number of carbonyl (C=O) groups excluding carboxylic acids is 1. The van der Waals surface area contributed by atoms with Gasteiger partial charge in [-0.3, -0.25) is 9.69 Å². The van der Waals surface area contributed by atoms with Crippen LogP contribution in [0.5, 0.6) is 11.5 Å². The van der Waals surface area contributed by atoms with Crippen molar-refractivity contribution in [2.24, 2.45) is 0 Å². The maximum absolute atomic E-state index is 13.0. The Morgan fingerprint density at radius 1 is 0.969 bits per heavy atom. The Hall–Kier alpha value is -3.09. The maximum Gasteiger partial charge on any atom is 0.270 e. The summed E-state index contributed by atoms with van der Waals surface area (Å²) in [5.41, 5.74) is 3.85. The van der Waals surface area contributed by atoms with Crippen molar-refractivity contribution in [3.63, 3.8) is 0 Å². The third kappa shape index (κ3) is 5.03. The smallest absolute Gasteiger partial charge is 0.270 e. The Morgan fingerprint density at radius 2 is 1.72 bits per heavy atom. The molecule has 0 aliphatic carbocycles. The summed E-state index contributed by atoms with van der Waals surface area (Å²) in [4.78, 5) is 15.2. The van der Waals surface area contributed by atoms with Crippen LogP contribution >= 0.6 is 24.0 Å². The summed E-state index contributed by atoms with van der Waals surface area (Å²) >= 11 is 6.78. The molecule has 4 nitrogen and oxygen atoms in total. The zero-order valence-corrected chi connectivity index (χ0v) is 19.5. The van der Waals surface area contributed by atoms with Gasteiger partial charge >= 0.3 is 0 Å². The molecular formula is C26H23NO3S2. The van der Waals surface area contributed by atoms with Crippen LogP contribution in [0.3, 0.4) is 0 Å². The summed E-state index contributed by atoms with van der Waals surface area (Å²) in [5.74, 6) is 1.19. The number of nitrogens with zero attached hydrogens (tertiary/aromatic N) is 1. The van der Waals surface area contributed by atoms with E-state index >= 15 is 0 Å². The minimum Gasteiger partial charge on any atom is -0.490 e. The number of carbonyl (C=O) groups is 1. The fourth-order valence-corrected chi connectivity index (χ4v) is 4.57. The average Bonchev–Trinajstić information content (AvgIpc) is 3.07. The number of thioether (sulfide) groups is 1. The topological polar surface area (TPSA) is 38.8 Å². The highest BCUT2D eigenvalue weighted by Gasteiger charge is 2.33. The number of benzene rings is 3. The van der Waals surface area contributed by atoms with Crippen molar-refractivity contribution in [2.45, 2.75) is 20.5 Å². The Kier molecular flexibility index (Phi) is 6.93. The second-order valence-electron chi connectivity index (χ2n) is 7.27. The first kappa shape index (κ1) is 22.1. The molecule has 0 spiro atoms. The summed E-state index contributed by atoms with van der Waals surface area (Å²) in [6.45, 7) is 4.91. The van der Waals surface area contributed by atoms with E-state index in [2.05, 4.69) is 0 Å². The molecule has 1 saturated heterocycles.